The van der Waals surface area contributed by atoms with Gasteiger partial charge in [0.1, 0.15) is 0 Å². The summed E-state index contributed by atoms with van der Waals surface area (Å²) in [5, 5.41) is 0. The Morgan fingerprint density at radius 3 is 1.64 bits per heavy atom. The van der Waals surface area contributed by atoms with Crippen LogP contribution in [0.1, 0.15) is 19.3 Å². The lowest BCUT2D eigenvalue weighted by atomic mass is 10.2. The van der Waals surface area contributed by atoms with E-state index < -0.39 is 11.9 Å². The average molecular weight is 168 g/mol. The Labute approximate surface area is 60.9 Å². The average Bonchev–Trinajstić information content (AvgIpc) is 2.04. The largest absolute Gasteiger partial charge is 0.348 e. The predicted octanol–water partition coefficient (Wildman–Crippen LogP) is 1.01. The molecule has 0 amide bonds. The van der Waals surface area contributed by atoms with Crippen molar-refractivity contribution in [2.45, 2.75) is 19.3 Å². The number of hydrogen-bond acceptors (Lipinski definition) is 4. The molecule has 0 saturated heterocycles. The Morgan fingerprint density at radius 2 is 1.36 bits per heavy atom. The molecule has 0 aliphatic rings. The zero-order chi connectivity index (χ0) is 8.69. The molecule has 0 heterocycles. The molecule has 0 fully saturated rings. The van der Waals surface area contributed by atoms with Gasteiger partial charge >= 0.3 is 11.9 Å². The van der Waals surface area contributed by atoms with Gasteiger partial charge < -0.3 is 0 Å². The molecule has 0 bridgehead atoms. The molecule has 4 nitrogen and oxygen atoms in total. The van der Waals surface area contributed by atoms with Crippen LogP contribution in [0.4, 0.5) is 9.05 Å². The van der Waals surface area contributed by atoms with Crippen LogP contribution in [0, 0.1) is 0 Å². The summed E-state index contributed by atoms with van der Waals surface area (Å²) in [4.78, 5) is 25.6. The summed E-state index contributed by atoms with van der Waals surface area (Å²) < 4.78 is 21.9. The van der Waals surface area contributed by atoms with Crippen molar-refractivity contribution in [2.75, 3.05) is 0 Å². The first-order valence-corrected chi connectivity index (χ1v) is 2.83. The zero-order valence-corrected chi connectivity index (χ0v) is 5.51. The molecule has 6 heteroatoms. The second-order valence-electron chi connectivity index (χ2n) is 1.75. The van der Waals surface area contributed by atoms with Crippen molar-refractivity contribution in [3.05, 3.63) is 0 Å². The van der Waals surface area contributed by atoms with Crippen molar-refractivity contribution >= 4 is 11.9 Å². The number of rotatable bonds is 4. The van der Waals surface area contributed by atoms with Crippen molar-refractivity contribution in [3.8, 4) is 0 Å². The molecule has 0 saturated carbocycles. The van der Waals surface area contributed by atoms with Crippen LogP contribution in [0.25, 0.3) is 0 Å². The van der Waals surface area contributed by atoms with Crippen molar-refractivity contribution in [1.29, 1.82) is 0 Å². The molecular formula is C5H6F2O4. The predicted molar refractivity (Wildman–Crippen MR) is 28.3 cm³/mol. The second-order valence-corrected chi connectivity index (χ2v) is 1.75. The lowest BCUT2D eigenvalue weighted by molar-refractivity contribution is -0.186. The number of hydrogen-bond donors (Lipinski definition) is 0. The van der Waals surface area contributed by atoms with Gasteiger partial charge in [0.25, 0.3) is 0 Å². The van der Waals surface area contributed by atoms with E-state index in [1.807, 2.05) is 0 Å². The van der Waals surface area contributed by atoms with E-state index in [-0.39, 0.29) is 19.3 Å². The SMILES string of the molecule is O=C(CCCC(=O)OF)OF. The third-order valence-corrected chi connectivity index (χ3v) is 0.934. The third-order valence-electron chi connectivity index (χ3n) is 0.934. The van der Waals surface area contributed by atoms with Gasteiger partial charge in [-0.1, -0.05) is 0 Å². The molecule has 0 aromatic heterocycles. The highest BCUT2D eigenvalue weighted by Gasteiger charge is 2.07. The van der Waals surface area contributed by atoms with Gasteiger partial charge in [-0.3, -0.25) is 9.88 Å². The summed E-state index contributed by atoms with van der Waals surface area (Å²) in [6, 6.07) is 0. The number of halogens is 2. The minimum Gasteiger partial charge on any atom is -0.255 e. The van der Waals surface area contributed by atoms with Crippen LogP contribution < -0.4 is 0 Å². The van der Waals surface area contributed by atoms with Crippen LogP contribution in [-0.4, -0.2) is 11.9 Å². The van der Waals surface area contributed by atoms with Gasteiger partial charge in [0.15, 0.2) is 0 Å². The van der Waals surface area contributed by atoms with E-state index in [0.717, 1.165) is 0 Å². The molecule has 0 aliphatic carbocycles. The summed E-state index contributed by atoms with van der Waals surface area (Å²) >= 11 is 0. The number of carbonyl (C=O) groups excluding carboxylic acids is 2. The lowest BCUT2D eigenvalue weighted by Crippen LogP contribution is -2.01. The number of carbonyl (C=O) groups is 2. The third kappa shape index (κ3) is 5.25. The van der Waals surface area contributed by atoms with Crippen LogP contribution in [0.15, 0.2) is 0 Å². The highest BCUT2D eigenvalue weighted by atomic mass is 19.3. The quantitative estimate of drug-likeness (QED) is 0.628. The summed E-state index contributed by atoms with van der Waals surface area (Å²) in [6.07, 6.45) is -0.539. The smallest absolute Gasteiger partial charge is 0.255 e. The first-order chi connectivity index (χ1) is 5.20. The maximum absolute atomic E-state index is 11.0. The summed E-state index contributed by atoms with van der Waals surface area (Å²) in [6.45, 7) is 0. The fraction of sp³-hybridized carbons (Fsp3) is 0.600. The molecule has 0 aromatic rings. The minimum atomic E-state index is -1.09. The van der Waals surface area contributed by atoms with Crippen molar-refractivity contribution < 1.29 is 28.5 Å². The molecule has 0 atom stereocenters. The lowest BCUT2D eigenvalue weighted by Gasteiger charge is -1.92. The summed E-state index contributed by atoms with van der Waals surface area (Å²) in [5.41, 5.74) is 0. The molecule has 0 N–H and O–H groups in total. The van der Waals surface area contributed by atoms with E-state index in [4.69, 9.17) is 0 Å². The summed E-state index contributed by atoms with van der Waals surface area (Å²) in [7, 11) is 0. The molecule has 64 valence electrons. The minimum absolute atomic E-state index is 0.00546. The van der Waals surface area contributed by atoms with Crippen LogP contribution in [-0.2, 0) is 19.5 Å². The van der Waals surface area contributed by atoms with Crippen LogP contribution in [0.5, 0.6) is 0 Å². The van der Waals surface area contributed by atoms with Crippen molar-refractivity contribution in [1.82, 2.24) is 0 Å². The maximum Gasteiger partial charge on any atom is 0.348 e. The van der Waals surface area contributed by atoms with E-state index in [0.29, 0.717) is 0 Å². The second kappa shape index (κ2) is 5.57. The maximum atomic E-state index is 11.0. The van der Waals surface area contributed by atoms with Gasteiger partial charge in [-0.05, 0) is 6.42 Å². The topological polar surface area (TPSA) is 52.6 Å². The van der Waals surface area contributed by atoms with Crippen molar-refractivity contribution in [3.63, 3.8) is 0 Å². The Balaban J connectivity index is 3.27. The van der Waals surface area contributed by atoms with E-state index in [1.165, 1.54) is 0 Å². The Hall–Kier alpha value is -1.20. The fourth-order valence-electron chi connectivity index (χ4n) is 0.454. The summed E-state index contributed by atoms with van der Waals surface area (Å²) in [5.74, 6) is -2.17. The fourth-order valence-corrected chi connectivity index (χ4v) is 0.454. The van der Waals surface area contributed by atoms with E-state index in [2.05, 4.69) is 9.88 Å². The van der Waals surface area contributed by atoms with Gasteiger partial charge in [0.05, 0.1) is 0 Å². The van der Waals surface area contributed by atoms with Crippen LogP contribution in [0.3, 0.4) is 0 Å². The molecule has 0 unspecified atom stereocenters. The van der Waals surface area contributed by atoms with Gasteiger partial charge in [0, 0.05) is 21.9 Å². The van der Waals surface area contributed by atoms with Gasteiger partial charge in [-0.2, -0.15) is 0 Å². The normalized spacial score (nSPS) is 8.91. The van der Waals surface area contributed by atoms with Gasteiger partial charge in [-0.15, -0.1) is 0 Å². The van der Waals surface area contributed by atoms with E-state index >= 15 is 0 Å². The van der Waals surface area contributed by atoms with Crippen molar-refractivity contribution in [2.24, 2.45) is 0 Å². The molecule has 0 radical (unpaired) electrons. The Kier molecular flexibility index (Phi) is 4.97. The van der Waals surface area contributed by atoms with E-state index in [1.54, 1.807) is 0 Å². The highest BCUT2D eigenvalue weighted by Crippen LogP contribution is 1.99. The van der Waals surface area contributed by atoms with Gasteiger partial charge in [0.2, 0.25) is 0 Å². The zero-order valence-electron chi connectivity index (χ0n) is 5.51. The molecular weight excluding hydrogens is 162 g/mol. The molecule has 0 aliphatic heterocycles. The van der Waals surface area contributed by atoms with E-state index in [9.17, 15) is 18.6 Å². The molecule has 11 heavy (non-hydrogen) atoms. The first kappa shape index (κ1) is 9.80. The first-order valence-electron chi connectivity index (χ1n) is 2.83. The highest BCUT2D eigenvalue weighted by molar-refractivity contribution is 5.71. The van der Waals surface area contributed by atoms with Crippen LogP contribution >= 0.6 is 0 Å². The monoisotopic (exact) mass is 168 g/mol. The standard InChI is InChI=1S/C5H6F2O4/c6-10-4(8)2-1-3-5(9)11-7/h1-3H2. The Morgan fingerprint density at radius 1 is 1.00 bits per heavy atom. The molecule has 0 spiro atoms. The Bertz CT molecular complexity index is 131. The molecule has 0 aromatic carbocycles. The van der Waals surface area contributed by atoms with Crippen LogP contribution in [0.2, 0.25) is 0 Å². The molecule has 0 rings (SSSR count). The van der Waals surface area contributed by atoms with Gasteiger partial charge in [-0.25, -0.2) is 9.59 Å².